The number of halogens is 1. The molecule has 1 atom stereocenters. The van der Waals surface area contributed by atoms with Gasteiger partial charge in [0.2, 0.25) is 17.5 Å². The normalized spacial score (nSPS) is 20.8. The van der Waals surface area contributed by atoms with E-state index in [4.69, 9.17) is 11.6 Å². The van der Waals surface area contributed by atoms with Gasteiger partial charge in [0.05, 0.1) is 0 Å². The number of hydrogen-bond donors (Lipinski definition) is 3. The third-order valence-electron chi connectivity index (χ3n) is 4.14. The second kappa shape index (κ2) is 5.49. The van der Waals surface area contributed by atoms with Crippen LogP contribution in [0.3, 0.4) is 0 Å². The van der Waals surface area contributed by atoms with Gasteiger partial charge in [0.25, 0.3) is 5.91 Å². The summed E-state index contributed by atoms with van der Waals surface area (Å²) in [7, 11) is 0. The van der Waals surface area contributed by atoms with E-state index >= 15 is 0 Å². The highest BCUT2D eigenvalue weighted by Crippen LogP contribution is 2.43. The monoisotopic (exact) mass is 355 g/mol. The molecule has 2 aliphatic rings. The van der Waals surface area contributed by atoms with Crippen molar-refractivity contribution in [2.75, 3.05) is 10.2 Å². The number of carbonyl (C=O) groups excluding carboxylic acids is 2. The molecule has 4 rings (SSSR count). The number of para-hydroxylation sites is 1. The lowest BCUT2D eigenvalue weighted by Crippen LogP contribution is -2.58. The standard InChI is InChI=1S/C17H14ClN5O2/c1-10(24)19-16-21-22-17(23(16)12-8-6-11(18)7-9-12)13-4-2-3-5-14(13)20-15(17)25/h2-9,22H,1H3,(H,20,25)(H,19,21,24). The van der Waals surface area contributed by atoms with E-state index in [1.807, 2.05) is 24.3 Å². The fourth-order valence-corrected chi connectivity index (χ4v) is 3.24. The van der Waals surface area contributed by atoms with Crippen LogP contribution in [-0.4, -0.2) is 17.8 Å². The number of carbonyl (C=O) groups is 2. The molecule has 1 unspecified atom stereocenters. The Kier molecular flexibility index (Phi) is 3.40. The minimum Gasteiger partial charge on any atom is -0.322 e. The van der Waals surface area contributed by atoms with Crippen molar-refractivity contribution in [3.8, 4) is 0 Å². The number of hydrogen-bond acceptors (Lipinski definition) is 5. The fourth-order valence-electron chi connectivity index (χ4n) is 3.12. The summed E-state index contributed by atoms with van der Waals surface area (Å²) in [5.74, 6) is -0.335. The molecule has 2 aromatic carbocycles. The third kappa shape index (κ3) is 2.24. The topological polar surface area (TPSA) is 85.8 Å². The first-order valence-electron chi connectivity index (χ1n) is 7.61. The van der Waals surface area contributed by atoms with Gasteiger partial charge < -0.3 is 5.32 Å². The summed E-state index contributed by atoms with van der Waals surface area (Å²) in [4.78, 5) is 26.2. The molecule has 0 saturated carbocycles. The van der Waals surface area contributed by atoms with E-state index in [9.17, 15) is 9.59 Å². The van der Waals surface area contributed by atoms with Gasteiger partial charge in [-0.15, -0.1) is 5.10 Å². The molecule has 3 N–H and O–H groups in total. The molecule has 2 aliphatic heterocycles. The van der Waals surface area contributed by atoms with E-state index in [-0.39, 0.29) is 17.8 Å². The van der Waals surface area contributed by atoms with Crippen molar-refractivity contribution < 1.29 is 9.59 Å². The Hall–Kier alpha value is -3.06. The zero-order valence-corrected chi connectivity index (χ0v) is 14.0. The summed E-state index contributed by atoms with van der Waals surface area (Å²) in [6, 6.07) is 14.3. The quantitative estimate of drug-likeness (QED) is 0.730. The Morgan fingerprint density at radius 2 is 1.92 bits per heavy atom. The molecular weight excluding hydrogens is 342 g/mol. The Labute approximate surface area is 148 Å². The van der Waals surface area contributed by atoms with Crippen molar-refractivity contribution in [2.24, 2.45) is 5.10 Å². The van der Waals surface area contributed by atoms with Crippen LogP contribution in [0.15, 0.2) is 53.6 Å². The predicted molar refractivity (Wildman–Crippen MR) is 95.1 cm³/mol. The molecule has 8 heteroatoms. The number of fused-ring (bicyclic) bond motifs is 2. The molecule has 25 heavy (non-hydrogen) atoms. The maximum Gasteiger partial charge on any atom is 0.278 e. The van der Waals surface area contributed by atoms with E-state index in [1.165, 1.54) is 6.92 Å². The van der Waals surface area contributed by atoms with Crippen molar-refractivity contribution in [1.82, 2.24) is 10.7 Å². The van der Waals surface area contributed by atoms with Gasteiger partial charge in [-0.2, -0.15) is 0 Å². The lowest BCUT2D eigenvalue weighted by molar-refractivity contribution is -0.121. The molecule has 2 heterocycles. The first kappa shape index (κ1) is 15.5. The molecule has 0 saturated heterocycles. The SMILES string of the molecule is CC(=O)NC1=NNC2(C(=O)Nc3ccccc32)N1c1ccc(Cl)cc1. The third-order valence-corrected chi connectivity index (χ3v) is 4.39. The minimum atomic E-state index is -1.28. The van der Waals surface area contributed by atoms with Crippen LogP contribution in [0.25, 0.3) is 0 Å². The van der Waals surface area contributed by atoms with Crippen LogP contribution in [0.4, 0.5) is 11.4 Å². The van der Waals surface area contributed by atoms with Crippen LogP contribution in [0.5, 0.6) is 0 Å². The van der Waals surface area contributed by atoms with Crippen molar-refractivity contribution in [3.05, 3.63) is 59.1 Å². The average Bonchev–Trinajstić information content (AvgIpc) is 3.08. The van der Waals surface area contributed by atoms with E-state index in [0.717, 1.165) is 5.56 Å². The van der Waals surface area contributed by atoms with Gasteiger partial charge in [-0.25, -0.2) is 0 Å². The summed E-state index contributed by atoms with van der Waals surface area (Å²) in [6.07, 6.45) is 0. The Morgan fingerprint density at radius 3 is 2.64 bits per heavy atom. The lowest BCUT2D eigenvalue weighted by Gasteiger charge is -2.34. The average molecular weight is 356 g/mol. The minimum absolute atomic E-state index is 0.238. The number of rotatable bonds is 1. The Morgan fingerprint density at radius 1 is 1.20 bits per heavy atom. The number of nitrogens with one attached hydrogen (secondary N) is 3. The van der Waals surface area contributed by atoms with E-state index in [1.54, 1.807) is 29.2 Å². The maximum absolute atomic E-state index is 12.9. The molecule has 1 spiro atoms. The van der Waals surface area contributed by atoms with E-state index in [0.29, 0.717) is 16.4 Å². The van der Waals surface area contributed by atoms with E-state index in [2.05, 4.69) is 21.2 Å². The van der Waals surface area contributed by atoms with Gasteiger partial charge in [-0.3, -0.25) is 25.2 Å². The number of hydrazone groups is 1. The summed E-state index contributed by atoms with van der Waals surface area (Å²) in [6.45, 7) is 1.39. The Bertz CT molecular complexity index is 912. The van der Waals surface area contributed by atoms with Crippen LogP contribution in [0.2, 0.25) is 5.02 Å². The predicted octanol–water partition coefficient (Wildman–Crippen LogP) is 1.96. The van der Waals surface area contributed by atoms with E-state index < -0.39 is 5.66 Å². The van der Waals surface area contributed by atoms with Gasteiger partial charge >= 0.3 is 0 Å². The van der Waals surface area contributed by atoms with Crippen LogP contribution in [0.1, 0.15) is 12.5 Å². The molecule has 0 aromatic heterocycles. The number of nitrogens with zero attached hydrogens (tertiary/aromatic N) is 2. The molecule has 0 fully saturated rings. The van der Waals surface area contributed by atoms with Crippen molar-refractivity contribution >= 4 is 40.7 Å². The second-order valence-electron chi connectivity index (χ2n) is 5.75. The fraction of sp³-hybridized carbons (Fsp3) is 0.118. The van der Waals surface area contributed by atoms with Crippen molar-refractivity contribution in [1.29, 1.82) is 0 Å². The first-order chi connectivity index (χ1) is 12.0. The number of benzene rings is 2. The summed E-state index contributed by atoms with van der Waals surface area (Å²) in [5, 5.41) is 10.3. The van der Waals surface area contributed by atoms with Crippen molar-refractivity contribution in [3.63, 3.8) is 0 Å². The van der Waals surface area contributed by atoms with Gasteiger partial charge in [-0.05, 0) is 30.3 Å². The molecule has 0 aliphatic carbocycles. The molecule has 2 aromatic rings. The molecule has 126 valence electrons. The van der Waals surface area contributed by atoms with Gasteiger partial charge in [0, 0.05) is 28.9 Å². The van der Waals surface area contributed by atoms with Crippen LogP contribution < -0.4 is 21.0 Å². The summed E-state index contributed by atoms with van der Waals surface area (Å²) in [5.41, 5.74) is 3.71. The lowest BCUT2D eigenvalue weighted by atomic mass is 9.99. The highest BCUT2D eigenvalue weighted by molar-refractivity contribution is 6.30. The first-order valence-corrected chi connectivity index (χ1v) is 7.99. The number of anilines is 2. The molecule has 7 nitrogen and oxygen atoms in total. The van der Waals surface area contributed by atoms with Crippen LogP contribution in [0, 0.1) is 0 Å². The van der Waals surface area contributed by atoms with Gasteiger partial charge in [0.15, 0.2) is 0 Å². The summed E-state index contributed by atoms with van der Waals surface area (Å²) >= 11 is 5.99. The molecule has 0 bridgehead atoms. The highest BCUT2D eigenvalue weighted by atomic mass is 35.5. The largest absolute Gasteiger partial charge is 0.322 e. The van der Waals surface area contributed by atoms with Crippen molar-refractivity contribution in [2.45, 2.75) is 12.6 Å². The van der Waals surface area contributed by atoms with Crippen LogP contribution >= 0.6 is 11.6 Å². The van der Waals surface area contributed by atoms with Gasteiger partial charge in [0.1, 0.15) is 0 Å². The highest BCUT2D eigenvalue weighted by Gasteiger charge is 2.56. The summed E-state index contributed by atoms with van der Waals surface area (Å²) < 4.78 is 0. The number of amides is 2. The Balaban J connectivity index is 1.89. The molecule has 2 amide bonds. The maximum atomic E-state index is 12.9. The molecule has 0 radical (unpaired) electrons. The van der Waals surface area contributed by atoms with Crippen LogP contribution in [-0.2, 0) is 15.3 Å². The second-order valence-corrected chi connectivity index (χ2v) is 6.19. The number of guanidine groups is 1. The van der Waals surface area contributed by atoms with Gasteiger partial charge in [-0.1, -0.05) is 29.8 Å². The molecular formula is C17H14ClN5O2. The zero-order valence-electron chi connectivity index (χ0n) is 13.2. The smallest absolute Gasteiger partial charge is 0.278 e. The zero-order chi connectivity index (χ0) is 17.6.